The molecule has 1 aromatic heterocycles. The third-order valence-corrected chi connectivity index (χ3v) is 3.18. The number of aryl methyl sites for hydroxylation is 1. The Morgan fingerprint density at radius 3 is 1.86 bits per heavy atom. The molecule has 3 rings (SSSR count). The second kappa shape index (κ2) is 14.2. The van der Waals surface area contributed by atoms with Crippen LogP contribution >= 0.6 is 0 Å². The number of hydrogen-bond donors (Lipinski definition) is 2. The van der Waals surface area contributed by atoms with Crippen LogP contribution in [0, 0.1) is 13.0 Å². The van der Waals surface area contributed by atoms with E-state index in [0.717, 1.165) is 11.3 Å². The van der Waals surface area contributed by atoms with Crippen LogP contribution in [0.2, 0.25) is 0 Å². The Kier molecular flexibility index (Phi) is 13.3. The van der Waals surface area contributed by atoms with Crippen LogP contribution in [0.15, 0.2) is 66.9 Å². The molecule has 0 saturated heterocycles. The third kappa shape index (κ3) is 10.5. The fraction of sp³-hybridized carbons (Fsp3) is 0.292. The van der Waals surface area contributed by atoms with E-state index < -0.39 is 0 Å². The zero-order chi connectivity index (χ0) is 20.2. The molecule has 2 aromatic carbocycles. The van der Waals surface area contributed by atoms with Crippen LogP contribution in [0.25, 0.3) is 22.4 Å². The Balaban J connectivity index is 0.000000697. The van der Waals surface area contributed by atoms with E-state index in [2.05, 4.69) is 36.2 Å². The van der Waals surface area contributed by atoms with Gasteiger partial charge < -0.3 is 15.2 Å². The molecule has 1 heterocycles. The summed E-state index contributed by atoms with van der Waals surface area (Å²) in [6.45, 7) is 9.01. The summed E-state index contributed by atoms with van der Waals surface area (Å²) in [5.41, 5.74) is 5.62. The van der Waals surface area contributed by atoms with Gasteiger partial charge in [-0.25, -0.2) is 0 Å². The number of benzene rings is 2. The first-order valence-corrected chi connectivity index (χ1v) is 9.16. The van der Waals surface area contributed by atoms with Gasteiger partial charge in [-0.15, -0.1) is 35.9 Å². The third-order valence-electron chi connectivity index (χ3n) is 3.18. The molecule has 0 unspecified atom stereocenters. The minimum Gasteiger partial charge on any atom is -0.394 e. The van der Waals surface area contributed by atoms with Crippen LogP contribution in [0.4, 0.5) is 0 Å². The van der Waals surface area contributed by atoms with Gasteiger partial charge >= 0.3 is 0 Å². The van der Waals surface area contributed by atoms with Crippen LogP contribution in [-0.4, -0.2) is 27.4 Å². The molecule has 0 aliphatic carbocycles. The molecule has 0 atom stereocenters. The molecule has 3 nitrogen and oxygen atoms in total. The molecule has 0 spiro atoms. The Labute approximate surface area is 182 Å². The first-order chi connectivity index (χ1) is 12.8. The normalized spacial score (nSPS) is 9.61. The van der Waals surface area contributed by atoms with Gasteiger partial charge in [-0.3, -0.25) is 0 Å². The van der Waals surface area contributed by atoms with Crippen LogP contribution < -0.4 is 0 Å². The summed E-state index contributed by atoms with van der Waals surface area (Å²) < 4.78 is 0. The van der Waals surface area contributed by atoms with Crippen molar-refractivity contribution >= 4 is 0 Å². The van der Waals surface area contributed by atoms with Gasteiger partial charge in [0, 0.05) is 44.1 Å². The van der Waals surface area contributed by atoms with Crippen LogP contribution in [-0.2, 0) is 20.1 Å². The van der Waals surface area contributed by atoms with Crippen LogP contribution in [0.5, 0.6) is 0 Å². The first-order valence-electron chi connectivity index (χ1n) is 9.16. The maximum absolute atomic E-state index is 8.06. The van der Waals surface area contributed by atoms with Crippen molar-refractivity contribution in [3.05, 3.63) is 78.5 Å². The van der Waals surface area contributed by atoms with Crippen molar-refractivity contribution in [1.82, 2.24) is 4.98 Å². The van der Waals surface area contributed by atoms with Crippen LogP contribution in [0.3, 0.4) is 0 Å². The van der Waals surface area contributed by atoms with Crippen molar-refractivity contribution in [2.75, 3.05) is 0 Å². The zero-order valence-electron chi connectivity index (χ0n) is 17.2. The molecule has 0 amide bonds. The van der Waals surface area contributed by atoms with E-state index in [0.29, 0.717) is 0 Å². The minimum absolute atomic E-state index is 0. The average Bonchev–Trinajstić information content (AvgIpc) is 2.62. The van der Waals surface area contributed by atoms with E-state index in [4.69, 9.17) is 10.2 Å². The topological polar surface area (TPSA) is 53.4 Å². The SMILES string of the molecule is CC(C)O.CC(C)O.Cc1cc(-c2[c-]cccc2)ncc1-c1ccccc1.[Ir]. The largest absolute Gasteiger partial charge is 0.394 e. The second-order valence-corrected chi connectivity index (χ2v) is 6.71. The van der Waals surface area contributed by atoms with Gasteiger partial charge in [-0.05, 0) is 51.4 Å². The van der Waals surface area contributed by atoms with E-state index in [1.54, 1.807) is 27.7 Å². The number of aromatic nitrogens is 1. The molecule has 28 heavy (non-hydrogen) atoms. The molecule has 0 saturated carbocycles. The van der Waals surface area contributed by atoms with Gasteiger partial charge in [0.05, 0.1) is 0 Å². The van der Waals surface area contributed by atoms with Crippen molar-refractivity contribution in [1.29, 1.82) is 0 Å². The summed E-state index contributed by atoms with van der Waals surface area (Å²) in [6, 6.07) is 23.6. The number of aliphatic hydroxyl groups excluding tert-OH is 2. The van der Waals surface area contributed by atoms with Gasteiger partial charge in [0.2, 0.25) is 0 Å². The predicted octanol–water partition coefficient (Wildman–Crippen LogP) is 5.30. The van der Waals surface area contributed by atoms with Gasteiger partial charge in [0.1, 0.15) is 0 Å². The first kappa shape index (κ1) is 26.2. The number of pyridine rings is 1. The van der Waals surface area contributed by atoms with Crippen molar-refractivity contribution in [2.24, 2.45) is 0 Å². The summed E-state index contributed by atoms with van der Waals surface area (Å²) in [4.78, 5) is 4.55. The molecular weight excluding hydrogens is 526 g/mol. The number of hydrogen-bond acceptors (Lipinski definition) is 3. The average molecular weight is 557 g/mol. The Bertz CT molecular complexity index is 764. The van der Waals surface area contributed by atoms with Gasteiger partial charge in [0.25, 0.3) is 0 Å². The van der Waals surface area contributed by atoms with E-state index in [1.165, 1.54) is 16.7 Å². The van der Waals surface area contributed by atoms with Crippen molar-refractivity contribution in [3.8, 4) is 22.4 Å². The summed E-state index contributed by atoms with van der Waals surface area (Å²) >= 11 is 0. The monoisotopic (exact) mass is 557 g/mol. The number of rotatable bonds is 2. The predicted molar refractivity (Wildman–Crippen MR) is 113 cm³/mol. The summed E-state index contributed by atoms with van der Waals surface area (Å²) in [7, 11) is 0. The number of aliphatic hydroxyl groups is 2. The smallest absolute Gasteiger partial charge is 0.0483 e. The molecule has 1 radical (unpaired) electrons. The standard InChI is InChI=1S/C18H14N.2C3H8O.Ir/c1-14-12-18(16-10-6-3-7-11-16)19-13-17(14)15-8-4-2-5-9-15;2*1-3(2)4;/h2-10,12-13H,1H3;2*3-4H,1-2H3;/q-1;;;. The Morgan fingerprint density at radius 2 is 1.39 bits per heavy atom. The van der Waals surface area contributed by atoms with Gasteiger partial charge in [0.15, 0.2) is 0 Å². The van der Waals surface area contributed by atoms with Crippen LogP contribution in [0.1, 0.15) is 33.3 Å². The summed E-state index contributed by atoms with van der Waals surface area (Å²) in [6.07, 6.45) is 1.61. The molecule has 0 aliphatic heterocycles. The Morgan fingerprint density at radius 1 is 0.857 bits per heavy atom. The van der Waals surface area contributed by atoms with E-state index in [-0.39, 0.29) is 32.3 Å². The minimum atomic E-state index is -0.167. The molecule has 0 aliphatic rings. The van der Waals surface area contributed by atoms with Crippen molar-refractivity contribution in [2.45, 2.75) is 46.8 Å². The number of nitrogens with zero attached hydrogens (tertiary/aromatic N) is 1. The summed E-state index contributed by atoms with van der Waals surface area (Å²) in [5, 5.41) is 16.1. The second-order valence-electron chi connectivity index (χ2n) is 6.71. The molecule has 4 heteroatoms. The molecule has 3 aromatic rings. The van der Waals surface area contributed by atoms with Crippen molar-refractivity contribution in [3.63, 3.8) is 0 Å². The van der Waals surface area contributed by atoms with Gasteiger partial charge in [-0.1, -0.05) is 36.4 Å². The fourth-order valence-electron chi connectivity index (χ4n) is 2.18. The van der Waals surface area contributed by atoms with E-state index in [1.807, 2.05) is 48.7 Å². The van der Waals surface area contributed by atoms with E-state index in [9.17, 15) is 0 Å². The molecule has 0 fully saturated rings. The van der Waals surface area contributed by atoms with Crippen molar-refractivity contribution < 1.29 is 30.3 Å². The molecule has 0 bridgehead atoms. The zero-order valence-corrected chi connectivity index (χ0v) is 19.6. The summed E-state index contributed by atoms with van der Waals surface area (Å²) in [5.74, 6) is 0. The molecule has 153 valence electrons. The van der Waals surface area contributed by atoms with E-state index >= 15 is 0 Å². The molecular formula is C24H30IrNO2-. The quantitative estimate of drug-likeness (QED) is 0.422. The maximum Gasteiger partial charge on any atom is 0.0483 e. The van der Waals surface area contributed by atoms with Gasteiger partial charge in [-0.2, -0.15) is 0 Å². The fourth-order valence-corrected chi connectivity index (χ4v) is 2.18. The maximum atomic E-state index is 8.06. The molecule has 2 N–H and O–H groups in total. The Hall–Kier alpha value is -1.84.